The summed E-state index contributed by atoms with van der Waals surface area (Å²) in [4.78, 5) is 20.8. The van der Waals surface area contributed by atoms with E-state index in [2.05, 4.69) is 29.1 Å². The van der Waals surface area contributed by atoms with Gasteiger partial charge in [-0.2, -0.15) is 4.98 Å². The molecular weight excluding hydrogens is 234 g/mol. The zero-order valence-electron chi connectivity index (χ0n) is 10.8. The average molecular weight is 251 g/mol. The predicted molar refractivity (Wildman–Crippen MR) is 68.9 cm³/mol. The van der Waals surface area contributed by atoms with Crippen molar-refractivity contribution in [2.75, 3.05) is 23.8 Å². The van der Waals surface area contributed by atoms with E-state index in [1.54, 1.807) is 7.05 Å². The Hall–Kier alpha value is -1.92. The molecule has 0 unspecified atom stereocenters. The number of nitro groups is 1. The lowest BCUT2D eigenvalue weighted by Crippen LogP contribution is -2.39. The molecule has 0 bridgehead atoms. The van der Waals surface area contributed by atoms with Gasteiger partial charge in [-0.25, -0.2) is 4.98 Å². The molecule has 1 N–H and O–H groups in total. The molecule has 0 atom stereocenters. The highest BCUT2D eigenvalue weighted by molar-refractivity contribution is 5.60. The molecule has 0 aromatic carbocycles. The SMILES string of the molecule is CNc1ncc([N+](=O)[O-])c(N2CCCC2(C)C)n1. The van der Waals surface area contributed by atoms with E-state index in [4.69, 9.17) is 0 Å². The van der Waals surface area contributed by atoms with Crippen LogP contribution in [0.1, 0.15) is 26.7 Å². The van der Waals surface area contributed by atoms with E-state index in [9.17, 15) is 10.1 Å². The Morgan fingerprint density at radius 3 is 2.78 bits per heavy atom. The fourth-order valence-electron chi connectivity index (χ4n) is 2.31. The largest absolute Gasteiger partial charge is 0.357 e. The van der Waals surface area contributed by atoms with Gasteiger partial charge in [-0.1, -0.05) is 0 Å². The summed E-state index contributed by atoms with van der Waals surface area (Å²) in [6.07, 6.45) is 3.29. The maximum absolute atomic E-state index is 11.1. The van der Waals surface area contributed by atoms with Crippen molar-refractivity contribution in [2.45, 2.75) is 32.2 Å². The second-order valence-corrected chi connectivity index (χ2v) is 4.98. The van der Waals surface area contributed by atoms with Gasteiger partial charge in [0.05, 0.1) is 4.92 Å². The maximum atomic E-state index is 11.1. The van der Waals surface area contributed by atoms with Crippen LogP contribution in [0.2, 0.25) is 0 Å². The number of anilines is 2. The highest BCUT2D eigenvalue weighted by atomic mass is 16.6. The third-order valence-electron chi connectivity index (χ3n) is 3.33. The lowest BCUT2D eigenvalue weighted by atomic mass is 10.0. The van der Waals surface area contributed by atoms with E-state index in [1.165, 1.54) is 6.20 Å². The van der Waals surface area contributed by atoms with Gasteiger partial charge in [-0.05, 0) is 26.7 Å². The van der Waals surface area contributed by atoms with Crippen molar-refractivity contribution >= 4 is 17.5 Å². The number of hydrogen-bond donors (Lipinski definition) is 1. The molecule has 7 heteroatoms. The summed E-state index contributed by atoms with van der Waals surface area (Å²) in [5.74, 6) is 0.806. The van der Waals surface area contributed by atoms with E-state index >= 15 is 0 Å². The van der Waals surface area contributed by atoms with Crippen LogP contribution in [0.3, 0.4) is 0 Å². The van der Waals surface area contributed by atoms with Crippen molar-refractivity contribution in [1.29, 1.82) is 0 Å². The number of hydrogen-bond acceptors (Lipinski definition) is 6. The fraction of sp³-hybridized carbons (Fsp3) is 0.636. The summed E-state index contributed by atoms with van der Waals surface area (Å²) >= 11 is 0. The number of rotatable bonds is 3. The van der Waals surface area contributed by atoms with Gasteiger partial charge in [0.15, 0.2) is 0 Å². The van der Waals surface area contributed by atoms with Gasteiger partial charge in [0.2, 0.25) is 11.8 Å². The van der Waals surface area contributed by atoms with Crippen LogP contribution in [-0.2, 0) is 0 Å². The van der Waals surface area contributed by atoms with Crippen LogP contribution in [0.4, 0.5) is 17.5 Å². The first-order valence-electron chi connectivity index (χ1n) is 5.92. The first-order valence-corrected chi connectivity index (χ1v) is 5.92. The first kappa shape index (κ1) is 12.5. The standard InChI is InChI=1S/C11H17N5O2/c1-11(2)5-4-6-15(11)9-8(16(17)18)7-13-10(12-3)14-9/h7H,4-6H2,1-3H3,(H,12,13,14). The Kier molecular flexibility index (Phi) is 3.06. The van der Waals surface area contributed by atoms with Gasteiger partial charge in [0.1, 0.15) is 6.20 Å². The molecule has 2 rings (SSSR count). The topological polar surface area (TPSA) is 84.2 Å². The molecule has 1 saturated heterocycles. The van der Waals surface area contributed by atoms with Crippen LogP contribution in [0, 0.1) is 10.1 Å². The molecule has 0 aliphatic carbocycles. The molecule has 0 radical (unpaired) electrons. The van der Waals surface area contributed by atoms with Crippen molar-refractivity contribution in [1.82, 2.24) is 9.97 Å². The Balaban J connectivity index is 2.50. The van der Waals surface area contributed by atoms with Crippen molar-refractivity contribution in [3.8, 4) is 0 Å². The zero-order chi connectivity index (χ0) is 13.3. The van der Waals surface area contributed by atoms with Gasteiger partial charge in [-0.15, -0.1) is 0 Å². The van der Waals surface area contributed by atoms with Crippen LogP contribution < -0.4 is 10.2 Å². The van der Waals surface area contributed by atoms with Crippen molar-refractivity contribution < 1.29 is 4.92 Å². The number of nitrogens with one attached hydrogen (secondary N) is 1. The number of aromatic nitrogens is 2. The predicted octanol–water partition coefficient (Wildman–Crippen LogP) is 1.81. The summed E-state index contributed by atoms with van der Waals surface area (Å²) in [6, 6.07) is 0. The van der Waals surface area contributed by atoms with Crippen LogP contribution in [0.15, 0.2) is 6.20 Å². The molecule has 98 valence electrons. The third kappa shape index (κ3) is 2.07. The second-order valence-electron chi connectivity index (χ2n) is 4.98. The minimum absolute atomic E-state index is 0.0380. The zero-order valence-corrected chi connectivity index (χ0v) is 10.8. The molecule has 2 heterocycles. The molecule has 1 aliphatic heterocycles. The maximum Gasteiger partial charge on any atom is 0.329 e. The van der Waals surface area contributed by atoms with Gasteiger partial charge < -0.3 is 10.2 Å². The summed E-state index contributed by atoms with van der Waals surface area (Å²) < 4.78 is 0. The normalized spacial score (nSPS) is 17.8. The summed E-state index contributed by atoms with van der Waals surface area (Å²) in [5, 5.41) is 13.9. The Bertz CT molecular complexity index is 475. The third-order valence-corrected chi connectivity index (χ3v) is 3.33. The molecule has 1 aliphatic rings. The van der Waals surface area contributed by atoms with E-state index in [1.807, 2.05) is 4.90 Å². The summed E-state index contributed by atoms with van der Waals surface area (Å²) in [7, 11) is 1.69. The highest BCUT2D eigenvalue weighted by Crippen LogP contribution is 2.37. The second kappa shape index (κ2) is 4.40. The van der Waals surface area contributed by atoms with Crippen LogP contribution in [-0.4, -0.2) is 34.0 Å². The molecule has 0 amide bonds. The average Bonchev–Trinajstić information content (AvgIpc) is 2.67. The molecule has 1 aromatic rings. The monoisotopic (exact) mass is 251 g/mol. The summed E-state index contributed by atoms with van der Waals surface area (Å²) in [5.41, 5.74) is -0.145. The van der Waals surface area contributed by atoms with Crippen molar-refractivity contribution in [3.63, 3.8) is 0 Å². The summed E-state index contributed by atoms with van der Waals surface area (Å²) in [6.45, 7) is 4.93. The first-order chi connectivity index (χ1) is 8.45. The lowest BCUT2D eigenvalue weighted by Gasteiger charge is -2.32. The highest BCUT2D eigenvalue weighted by Gasteiger charge is 2.37. The van der Waals surface area contributed by atoms with Crippen LogP contribution in [0.5, 0.6) is 0 Å². The van der Waals surface area contributed by atoms with E-state index < -0.39 is 4.92 Å². The van der Waals surface area contributed by atoms with E-state index in [0.717, 1.165) is 19.4 Å². The molecule has 7 nitrogen and oxygen atoms in total. The fourth-order valence-corrected chi connectivity index (χ4v) is 2.31. The van der Waals surface area contributed by atoms with Gasteiger partial charge in [-0.3, -0.25) is 10.1 Å². The quantitative estimate of drug-likeness (QED) is 0.651. The lowest BCUT2D eigenvalue weighted by molar-refractivity contribution is -0.384. The minimum Gasteiger partial charge on any atom is -0.357 e. The molecule has 18 heavy (non-hydrogen) atoms. The molecular formula is C11H17N5O2. The van der Waals surface area contributed by atoms with Crippen LogP contribution in [0.25, 0.3) is 0 Å². The van der Waals surface area contributed by atoms with E-state index in [0.29, 0.717) is 11.8 Å². The Morgan fingerprint density at radius 1 is 1.56 bits per heavy atom. The molecule has 1 fully saturated rings. The van der Waals surface area contributed by atoms with Crippen LogP contribution >= 0.6 is 0 Å². The molecule has 1 aromatic heterocycles. The van der Waals surface area contributed by atoms with E-state index in [-0.39, 0.29) is 11.2 Å². The van der Waals surface area contributed by atoms with Gasteiger partial charge in [0, 0.05) is 19.1 Å². The number of nitrogens with zero attached hydrogens (tertiary/aromatic N) is 4. The smallest absolute Gasteiger partial charge is 0.329 e. The van der Waals surface area contributed by atoms with Crippen molar-refractivity contribution in [3.05, 3.63) is 16.3 Å². The van der Waals surface area contributed by atoms with Gasteiger partial charge >= 0.3 is 5.69 Å². The minimum atomic E-state index is -0.427. The van der Waals surface area contributed by atoms with Crippen molar-refractivity contribution in [2.24, 2.45) is 0 Å². The molecule has 0 spiro atoms. The van der Waals surface area contributed by atoms with Gasteiger partial charge in [0.25, 0.3) is 0 Å². The molecule has 0 saturated carbocycles. The Labute approximate surface area is 105 Å². The Morgan fingerprint density at radius 2 is 2.28 bits per heavy atom.